The lowest BCUT2D eigenvalue weighted by molar-refractivity contribution is -0.138. The average molecular weight is 381 g/mol. The maximum Gasteiger partial charge on any atom is 0.344 e. The molecule has 2 aromatic rings. The fourth-order valence-electron chi connectivity index (χ4n) is 2.46. The molecule has 0 saturated carbocycles. The quantitative estimate of drug-likeness (QED) is 0.747. The first-order valence-corrected chi connectivity index (χ1v) is 9.22. The third-order valence-electron chi connectivity index (χ3n) is 3.77. The zero-order chi connectivity index (χ0) is 19.2. The number of hydrogen-bond donors (Lipinski definition) is 1. The third kappa shape index (κ3) is 4.41. The molecule has 3 rings (SSSR count). The van der Waals surface area contributed by atoms with Gasteiger partial charge < -0.3 is 14.6 Å². The molecule has 27 heavy (non-hydrogen) atoms. The number of benzene rings is 2. The average Bonchev–Trinajstić information content (AvgIpc) is 2.98. The molecule has 5 nitrogen and oxygen atoms in total. The Morgan fingerprint density at radius 3 is 2.48 bits per heavy atom. The molecule has 138 valence electrons. The Bertz CT molecular complexity index is 915. The molecule has 0 radical (unpaired) electrons. The second kappa shape index (κ2) is 8.60. The minimum Gasteiger partial charge on any atom is -0.506 e. The number of aliphatic imine (C=N–C) groups is 1. The Labute approximate surface area is 162 Å². The molecule has 0 atom stereocenters. The maximum absolute atomic E-state index is 12.4. The van der Waals surface area contributed by atoms with Gasteiger partial charge in [-0.2, -0.15) is 0 Å². The van der Waals surface area contributed by atoms with Gasteiger partial charge in [0.15, 0.2) is 0 Å². The number of aliphatic hydroxyl groups excluding tert-OH is 1. The van der Waals surface area contributed by atoms with Crippen LogP contribution in [-0.4, -0.2) is 29.8 Å². The zero-order valence-electron chi connectivity index (χ0n) is 15.0. The molecule has 0 spiro atoms. The zero-order valence-corrected chi connectivity index (χ0v) is 15.8. The largest absolute Gasteiger partial charge is 0.506 e. The van der Waals surface area contributed by atoms with Crippen molar-refractivity contribution in [3.05, 3.63) is 76.4 Å². The minimum atomic E-state index is -0.588. The number of rotatable bonds is 5. The molecule has 0 saturated heterocycles. The molecule has 0 aliphatic carbocycles. The van der Waals surface area contributed by atoms with Gasteiger partial charge in [-0.15, -0.1) is 0 Å². The summed E-state index contributed by atoms with van der Waals surface area (Å²) in [6.07, 6.45) is 1.80. The highest BCUT2D eigenvalue weighted by atomic mass is 32.2. The number of esters is 1. The molecule has 1 heterocycles. The van der Waals surface area contributed by atoms with Crippen molar-refractivity contribution in [2.45, 2.75) is 6.92 Å². The number of aliphatic hydroxyl groups is 1. The highest BCUT2D eigenvalue weighted by Gasteiger charge is 2.33. The smallest absolute Gasteiger partial charge is 0.344 e. The van der Waals surface area contributed by atoms with E-state index in [0.717, 1.165) is 11.3 Å². The van der Waals surface area contributed by atoms with Crippen LogP contribution in [0.1, 0.15) is 12.5 Å². The van der Waals surface area contributed by atoms with Gasteiger partial charge in [0.25, 0.3) is 0 Å². The topological polar surface area (TPSA) is 68.1 Å². The lowest BCUT2D eigenvalue weighted by Crippen LogP contribution is -2.12. The second-order valence-electron chi connectivity index (χ2n) is 5.58. The van der Waals surface area contributed by atoms with Crippen LogP contribution in [0.2, 0.25) is 0 Å². The van der Waals surface area contributed by atoms with Gasteiger partial charge >= 0.3 is 5.97 Å². The Morgan fingerprint density at radius 2 is 1.85 bits per heavy atom. The van der Waals surface area contributed by atoms with E-state index >= 15 is 0 Å². The summed E-state index contributed by atoms with van der Waals surface area (Å²) in [5.74, 6) is 0.0359. The van der Waals surface area contributed by atoms with Crippen LogP contribution >= 0.6 is 11.8 Å². The van der Waals surface area contributed by atoms with Crippen molar-refractivity contribution < 1.29 is 19.4 Å². The number of nitrogens with zero attached hydrogens (tertiary/aromatic N) is 1. The molecule has 6 heteroatoms. The minimum absolute atomic E-state index is 0.0884. The van der Waals surface area contributed by atoms with Crippen molar-refractivity contribution in [3.8, 4) is 5.75 Å². The molecular formula is C21H19NO4S. The van der Waals surface area contributed by atoms with E-state index in [0.29, 0.717) is 15.6 Å². The van der Waals surface area contributed by atoms with Gasteiger partial charge in [0.2, 0.25) is 0 Å². The summed E-state index contributed by atoms with van der Waals surface area (Å²) in [5.41, 5.74) is 1.65. The third-order valence-corrected chi connectivity index (χ3v) is 4.79. The van der Waals surface area contributed by atoms with Crippen molar-refractivity contribution in [3.63, 3.8) is 0 Å². The fourth-order valence-corrected chi connectivity index (χ4v) is 3.50. The molecule has 1 N–H and O–H groups in total. The van der Waals surface area contributed by atoms with Gasteiger partial charge in [0, 0.05) is 0 Å². The number of thioether (sulfide) groups is 1. The van der Waals surface area contributed by atoms with Crippen molar-refractivity contribution in [1.82, 2.24) is 0 Å². The van der Waals surface area contributed by atoms with Gasteiger partial charge in [-0.3, -0.25) is 0 Å². The van der Waals surface area contributed by atoms with E-state index in [1.807, 2.05) is 54.6 Å². The SMILES string of the molecule is CCOC(=O)C1=C(O)C(=Cc2ccc(OC)cc2)SC1=Nc1ccccc1. The number of carbonyl (C=O) groups is 1. The number of carbonyl (C=O) groups excluding carboxylic acids is 1. The van der Waals surface area contributed by atoms with Gasteiger partial charge in [-0.25, -0.2) is 9.79 Å². The molecule has 1 aliphatic heterocycles. The van der Waals surface area contributed by atoms with Crippen LogP contribution in [-0.2, 0) is 9.53 Å². The van der Waals surface area contributed by atoms with Crippen LogP contribution in [0, 0.1) is 0 Å². The summed E-state index contributed by atoms with van der Waals surface area (Å²) >= 11 is 1.24. The highest BCUT2D eigenvalue weighted by molar-refractivity contribution is 8.18. The number of methoxy groups -OCH3 is 1. The first kappa shape index (κ1) is 18.8. The summed E-state index contributed by atoms with van der Waals surface area (Å²) in [6.45, 7) is 1.94. The van der Waals surface area contributed by atoms with Gasteiger partial charge in [-0.1, -0.05) is 42.1 Å². The highest BCUT2D eigenvalue weighted by Crippen LogP contribution is 2.40. The van der Waals surface area contributed by atoms with Crippen LogP contribution in [0.25, 0.3) is 6.08 Å². The molecule has 0 aromatic heterocycles. The van der Waals surface area contributed by atoms with Crippen LogP contribution < -0.4 is 4.74 Å². The molecule has 0 amide bonds. The Balaban J connectivity index is 2.00. The molecule has 2 aromatic carbocycles. The Morgan fingerprint density at radius 1 is 1.15 bits per heavy atom. The molecule has 1 aliphatic rings. The van der Waals surface area contributed by atoms with E-state index in [9.17, 15) is 9.90 Å². The molecular weight excluding hydrogens is 362 g/mol. The summed E-state index contributed by atoms with van der Waals surface area (Å²) < 4.78 is 10.3. The number of ether oxygens (including phenoxy) is 2. The monoisotopic (exact) mass is 381 g/mol. The van der Waals surface area contributed by atoms with Crippen molar-refractivity contribution >= 4 is 34.5 Å². The van der Waals surface area contributed by atoms with Crippen LogP contribution in [0.15, 0.2) is 75.8 Å². The van der Waals surface area contributed by atoms with Gasteiger partial charge in [0.05, 0.1) is 24.3 Å². The summed E-state index contributed by atoms with van der Waals surface area (Å²) in [6, 6.07) is 16.7. The summed E-state index contributed by atoms with van der Waals surface area (Å²) in [5, 5.41) is 11.1. The Kier molecular flexibility index (Phi) is 5.98. The van der Waals surface area contributed by atoms with E-state index in [-0.39, 0.29) is 17.9 Å². The van der Waals surface area contributed by atoms with Crippen molar-refractivity contribution in [2.24, 2.45) is 4.99 Å². The van der Waals surface area contributed by atoms with E-state index in [1.165, 1.54) is 11.8 Å². The normalized spacial score (nSPS) is 16.8. The molecule has 0 fully saturated rings. The van der Waals surface area contributed by atoms with Gasteiger partial charge in [0.1, 0.15) is 22.1 Å². The van der Waals surface area contributed by atoms with Crippen molar-refractivity contribution in [1.29, 1.82) is 0 Å². The summed E-state index contributed by atoms with van der Waals surface area (Å²) in [7, 11) is 1.60. The van der Waals surface area contributed by atoms with Gasteiger partial charge in [-0.05, 0) is 42.8 Å². The Hall–Kier alpha value is -2.99. The molecule has 0 unspecified atom stereocenters. The van der Waals surface area contributed by atoms with E-state index in [2.05, 4.69) is 4.99 Å². The standard InChI is InChI=1S/C21H19NO4S/c1-3-26-21(24)18-19(23)17(13-14-9-11-16(25-2)12-10-14)27-20(18)22-15-7-5-4-6-8-15/h4-13,23H,3H2,1-2H3. The predicted molar refractivity (Wildman–Crippen MR) is 108 cm³/mol. The summed E-state index contributed by atoms with van der Waals surface area (Å²) in [4.78, 5) is 17.4. The van der Waals surface area contributed by atoms with Crippen LogP contribution in [0.3, 0.4) is 0 Å². The van der Waals surface area contributed by atoms with Crippen LogP contribution in [0.5, 0.6) is 5.75 Å². The lowest BCUT2D eigenvalue weighted by Gasteiger charge is -2.03. The van der Waals surface area contributed by atoms with Crippen molar-refractivity contribution in [2.75, 3.05) is 13.7 Å². The maximum atomic E-state index is 12.4. The second-order valence-corrected chi connectivity index (χ2v) is 6.61. The number of hydrogen-bond acceptors (Lipinski definition) is 6. The van der Waals surface area contributed by atoms with E-state index in [1.54, 1.807) is 20.1 Å². The van der Waals surface area contributed by atoms with E-state index in [4.69, 9.17) is 9.47 Å². The van der Waals surface area contributed by atoms with E-state index < -0.39 is 5.97 Å². The molecule has 0 bridgehead atoms. The first-order chi connectivity index (χ1) is 13.1. The number of para-hydroxylation sites is 1. The van der Waals surface area contributed by atoms with Crippen LogP contribution in [0.4, 0.5) is 5.69 Å². The predicted octanol–water partition coefficient (Wildman–Crippen LogP) is 4.89. The first-order valence-electron chi connectivity index (χ1n) is 8.40. The lowest BCUT2D eigenvalue weighted by atomic mass is 10.1. The fraction of sp³-hybridized carbons (Fsp3) is 0.143.